The van der Waals surface area contributed by atoms with Gasteiger partial charge in [0.1, 0.15) is 5.75 Å². The highest BCUT2D eigenvalue weighted by Crippen LogP contribution is 2.25. The van der Waals surface area contributed by atoms with Gasteiger partial charge in [-0.2, -0.15) is 0 Å². The zero-order chi connectivity index (χ0) is 10.7. The molecule has 0 aliphatic heterocycles. The van der Waals surface area contributed by atoms with Crippen LogP contribution in [0.3, 0.4) is 0 Å². The summed E-state index contributed by atoms with van der Waals surface area (Å²) in [5.41, 5.74) is 1.28. The largest absolute Gasteiger partial charge is 0.497 e. The fraction of sp³-hybridized carbons (Fsp3) is 0.300. The van der Waals surface area contributed by atoms with Crippen LogP contribution in [0.15, 0.2) is 17.0 Å². The standard InChI is InChI=1S/C10H12O3S/c1-6-4-7(12-2)5-8(14)9(6)10(11)13-3/h4-5,14H,1-3H3. The van der Waals surface area contributed by atoms with Crippen molar-refractivity contribution in [2.45, 2.75) is 11.8 Å². The molecule has 0 unspecified atom stereocenters. The molecule has 3 nitrogen and oxygen atoms in total. The summed E-state index contributed by atoms with van der Waals surface area (Å²) in [6.07, 6.45) is 0. The Morgan fingerprint density at radius 3 is 2.43 bits per heavy atom. The summed E-state index contributed by atoms with van der Waals surface area (Å²) < 4.78 is 9.69. The molecule has 0 aromatic heterocycles. The predicted octanol–water partition coefficient (Wildman–Crippen LogP) is 2.08. The number of carbonyl (C=O) groups is 1. The van der Waals surface area contributed by atoms with Crippen molar-refractivity contribution in [3.05, 3.63) is 23.3 Å². The summed E-state index contributed by atoms with van der Waals surface area (Å²) in [7, 11) is 2.92. The van der Waals surface area contributed by atoms with E-state index >= 15 is 0 Å². The molecule has 0 aliphatic rings. The van der Waals surface area contributed by atoms with E-state index in [1.54, 1.807) is 19.2 Å². The van der Waals surface area contributed by atoms with Crippen molar-refractivity contribution in [2.24, 2.45) is 0 Å². The van der Waals surface area contributed by atoms with Crippen LogP contribution in [-0.2, 0) is 4.74 Å². The minimum absolute atomic E-state index is 0.379. The van der Waals surface area contributed by atoms with Crippen LogP contribution in [0.25, 0.3) is 0 Å². The molecule has 0 saturated carbocycles. The molecule has 0 spiro atoms. The highest BCUT2D eigenvalue weighted by Gasteiger charge is 2.14. The van der Waals surface area contributed by atoms with Crippen LogP contribution >= 0.6 is 12.6 Å². The van der Waals surface area contributed by atoms with Gasteiger partial charge in [0.25, 0.3) is 0 Å². The Hall–Kier alpha value is -1.16. The first-order valence-electron chi connectivity index (χ1n) is 4.06. The van der Waals surface area contributed by atoms with Crippen LogP contribution in [0.4, 0.5) is 0 Å². The molecule has 0 bridgehead atoms. The summed E-state index contributed by atoms with van der Waals surface area (Å²) in [4.78, 5) is 11.9. The Kier molecular flexibility index (Phi) is 3.41. The summed E-state index contributed by atoms with van der Waals surface area (Å²) in [5, 5.41) is 0. The molecule has 1 aromatic rings. The van der Waals surface area contributed by atoms with Crippen molar-refractivity contribution < 1.29 is 14.3 Å². The number of benzene rings is 1. The van der Waals surface area contributed by atoms with Crippen LogP contribution in [0.5, 0.6) is 5.75 Å². The van der Waals surface area contributed by atoms with Crippen LogP contribution < -0.4 is 4.74 Å². The van der Waals surface area contributed by atoms with Crippen molar-refractivity contribution >= 4 is 18.6 Å². The summed E-state index contributed by atoms with van der Waals surface area (Å²) >= 11 is 4.20. The summed E-state index contributed by atoms with van der Waals surface area (Å²) in [5.74, 6) is 0.301. The highest BCUT2D eigenvalue weighted by atomic mass is 32.1. The second-order valence-electron chi connectivity index (χ2n) is 2.83. The van der Waals surface area contributed by atoms with Gasteiger partial charge in [-0.15, -0.1) is 12.6 Å². The predicted molar refractivity (Wildman–Crippen MR) is 56.3 cm³/mol. The van der Waals surface area contributed by atoms with E-state index in [-0.39, 0.29) is 5.97 Å². The Bertz CT molecular complexity index is 337. The second kappa shape index (κ2) is 4.37. The van der Waals surface area contributed by atoms with E-state index in [2.05, 4.69) is 17.4 Å². The molecule has 0 aliphatic carbocycles. The van der Waals surface area contributed by atoms with Gasteiger partial charge < -0.3 is 9.47 Å². The molecule has 1 rings (SSSR count). The molecular weight excluding hydrogens is 200 g/mol. The van der Waals surface area contributed by atoms with Crippen molar-refractivity contribution in [1.29, 1.82) is 0 Å². The number of rotatable bonds is 2. The number of hydrogen-bond donors (Lipinski definition) is 1. The van der Waals surface area contributed by atoms with Crippen molar-refractivity contribution in [1.82, 2.24) is 0 Å². The van der Waals surface area contributed by atoms with Gasteiger partial charge >= 0.3 is 5.97 Å². The lowest BCUT2D eigenvalue weighted by Crippen LogP contribution is -2.05. The molecule has 0 N–H and O–H groups in total. The van der Waals surface area contributed by atoms with Crippen LogP contribution in [0, 0.1) is 6.92 Å². The Morgan fingerprint density at radius 2 is 2.00 bits per heavy atom. The van der Waals surface area contributed by atoms with Gasteiger partial charge in [0, 0.05) is 4.90 Å². The maximum absolute atomic E-state index is 11.3. The van der Waals surface area contributed by atoms with Gasteiger partial charge in [-0.05, 0) is 24.6 Å². The number of aryl methyl sites for hydroxylation is 1. The SMILES string of the molecule is COC(=O)c1c(C)cc(OC)cc1S. The number of ether oxygens (including phenoxy) is 2. The molecule has 0 saturated heterocycles. The Labute approximate surface area is 88.4 Å². The third-order valence-electron chi connectivity index (χ3n) is 1.91. The van der Waals surface area contributed by atoms with E-state index < -0.39 is 0 Å². The molecule has 0 heterocycles. The normalized spacial score (nSPS) is 9.71. The smallest absolute Gasteiger partial charge is 0.339 e. The number of methoxy groups -OCH3 is 2. The van der Waals surface area contributed by atoms with Gasteiger partial charge in [0.15, 0.2) is 0 Å². The van der Waals surface area contributed by atoms with Gasteiger partial charge in [-0.25, -0.2) is 4.79 Å². The topological polar surface area (TPSA) is 35.5 Å². The van der Waals surface area contributed by atoms with Gasteiger partial charge in [0.05, 0.1) is 19.8 Å². The highest BCUT2D eigenvalue weighted by molar-refractivity contribution is 7.80. The van der Waals surface area contributed by atoms with Gasteiger partial charge in [0.2, 0.25) is 0 Å². The molecule has 14 heavy (non-hydrogen) atoms. The number of hydrogen-bond acceptors (Lipinski definition) is 4. The first kappa shape index (κ1) is 10.9. The first-order valence-corrected chi connectivity index (χ1v) is 4.50. The van der Waals surface area contributed by atoms with E-state index in [4.69, 9.17) is 4.74 Å². The zero-order valence-corrected chi connectivity index (χ0v) is 9.22. The zero-order valence-electron chi connectivity index (χ0n) is 8.33. The minimum Gasteiger partial charge on any atom is -0.497 e. The van der Waals surface area contributed by atoms with Gasteiger partial charge in [-0.1, -0.05) is 0 Å². The van der Waals surface area contributed by atoms with Crippen molar-refractivity contribution in [2.75, 3.05) is 14.2 Å². The van der Waals surface area contributed by atoms with Crippen LogP contribution in [0.1, 0.15) is 15.9 Å². The summed E-state index contributed by atoms with van der Waals surface area (Å²) in [6, 6.07) is 3.45. The molecule has 0 radical (unpaired) electrons. The Balaban J connectivity index is 3.25. The van der Waals surface area contributed by atoms with Crippen molar-refractivity contribution in [3.8, 4) is 5.75 Å². The minimum atomic E-state index is -0.379. The number of carbonyl (C=O) groups excluding carboxylic acids is 1. The van der Waals surface area contributed by atoms with E-state index in [1.807, 2.05) is 6.92 Å². The second-order valence-corrected chi connectivity index (χ2v) is 3.31. The fourth-order valence-electron chi connectivity index (χ4n) is 1.22. The number of thiol groups is 1. The van der Waals surface area contributed by atoms with Crippen LogP contribution in [0.2, 0.25) is 0 Å². The number of esters is 1. The molecule has 1 aromatic carbocycles. The molecule has 0 amide bonds. The van der Waals surface area contributed by atoms with E-state index in [1.165, 1.54) is 7.11 Å². The molecule has 76 valence electrons. The van der Waals surface area contributed by atoms with Gasteiger partial charge in [-0.3, -0.25) is 0 Å². The maximum atomic E-state index is 11.3. The monoisotopic (exact) mass is 212 g/mol. The van der Waals surface area contributed by atoms with Crippen LogP contribution in [-0.4, -0.2) is 20.2 Å². The lowest BCUT2D eigenvalue weighted by Gasteiger charge is -2.09. The molecule has 0 fully saturated rings. The maximum Gasteiger partial charge on any atom is 0.339 e. The average molecular weight is 212 g/mol. The van der Waals surface area contributed by atoms with E-state index in [0.717, 1.165) is 5.56 Å². The molecular formula is C10H12O3S. The lowest BCUT2D eigenvalue weighted by molar-refractivity contribution is 0.0596. The molecule has 4 heteroatoms. The Morgan fingerprint density at radius 1 is 1.36 bits per heavy atom. The average Bonchev–Trinajstić information content (AvgIpc) is 2.16. The first-order chi connectivity index (χ1) is 6.60. The third-order valence-corrected chi connectivity index (χ3v) is 2.27. The third kappa shape index (κ3) is 2.01. The van der Waals surface area contributed by atoms with Crippen molar-refractivity contribution in [3.63, 3.8) is 0 Å². The fourth-order valence-corrected chi connectivity index (χ4v) is 1.62. The molecule has 0 atom stereocenters. The summed E-state index contributed by atoms with van der Waals surface area (Å²) in [6.45, 7) is 1.81. The lowest BCUT2D eigenvalue weighted by atomic mass is 10.1. The van der Waals surface area contributed by atoms with E-state index in [9.17, 15) is 4.79 Å². The quantitative estimate of drug-likeness (QED) is 0.602. The van der Waals surface area contributed by atoms with E-state index in [0.29, 0.717) is 16.2 Å².